The summed E-state index contributed by atoms with van der Waals surface area (Å²) in [5.41, 5.74) is -0.0301. The molecule has 0 atom stereocenters. The fourth-order valence-corrected chi connectivity index (χ4v) is 0.484. The number of rotatable bonds is 1. The Labute approximate surface area is 96.9 Å². The molecule has 0 unspecified atom stereocenters. The topological polar surface area (TPSA) is 188 Å². The fourth-order valence-electron chi connectivity index (χ4n) is 0.484. The van der Waals surface area contributed by atoms with E-state index < -0.39 is 5.97 Å². The van der Waals surface area contributed by atoms with Crippen LogP contribution in [0.5, 0.6) is 0 Å². The second-order valence-corrected chi connectivity index (χ2v) is 1.50. The molecule has 0 amide bonds. The number of nitrogens with zero attached hydrogens (tertiary/aromatic N) is 1. The molecule has 0 aliphatic heterocycles. The van der Waals surface area contributed by atoms with Gasteiger partial charge in [0.1, 0.15) is 0 Å². The van der Waals surface area contributed by atoms with Gasteiger partial charge in [0.25, 0.3) is 0 Å². The van der Waals surface area contributed by atoms with E-state index in [1.54, 1.807) is 12.1 Å². The minimum atomic E-state index is -1.24. The van der Waals surface area contributed by atoms with Gasteiger partial charge < -0.3 is 26.3 Å². The van der Waals surface area contributed by atoms with E-state index in [0.29, 0.717) is 0 Å². The summed E-state index contributed by atoms with van der Waals surface area (Å²) < 4.78 is 0. The van der Waals surface area contributed by atoms with Crippen molar-refractivity contribution < 1.29 is 55.4 Å². The average Bonchev–Trinajstić information content (AvgIpc) is 2.10. The van der Waals surface area contributed by atoms with Gasteiger partial charge in [-0.15, -0.1) is 0 Å². The first kappa shape index (κ1) is 29.2. The predicted octanol–water partition coefficient (Wildman–Crippen LogP) is -3.01. The molecule has 0 spiro atoms. The van der Waals surface area contributed by atoms with Gasteiger partial charge in [0.15, 0.2) is 0 Å². The van der Waals surface area contributed by atoms with E-state index in [9.17, 15) is 9.90 Å². The summed E-state index contributed by atoms with van der Waals surface area (Å²) in [6, 6.07) is 4.62. The van der Waals surface area contributed by atoms with E-state index in [4.69, 9.17) is 10.5 Å². The van der Waals surface area contributed by atoms with Gasteiger partial charge in [-0.2, -0.15) is 0 Å². The van der Waals surface area contributed by atoms with E-state index in [2.05, 4.69) is 4.98 Å². The Hall–Kier alpha value is -0.996. The number of aromatic carboxylic acids is 1. The monoisotopic (exact) mass is 261 g/mol. The molecule has 0 bridgehead atoms. The van der Waals surface area contributed by atoms with Crippen LogP contribution in [0.15, 0.2) is 24.4 Å². The van der Waals surface area contributed by atoms with Crippen LogP contribution >= 0.6 is 0 Å². The molecule has 1 aromatic rings. The number of carbonyl (C=O) groups is 1. The van der Waals surface area contributed by atoms with Crippen LogP contribution in [-0.4, -0.2) is 37.9 Å². The largest absolute Gasteiger partial charge is 0.543 e. The van der Waals surface area contributed by atoms with E-state index in [1.807, 2.05) is 0 Å². The van der Waals surface area contributed by atoms with E-state index >= 15 is 0 Å². The van der Waals surface area contributed by atoms with Crippen LogP contribution in [0.1, 0.15) is 10.5 Å². The summed E-state index contributed by atoms with van der Waals surface area (Å²) in [6.45, 7) is 0. The molecule has 8 N–H and O–H groups in total. The maximum absolute atomic E-state index is 10.0. The third-order valence-electron chi connectivity index (χ3n) is 0.874. The van der Waals surface area contributed by atoms with Gasteiger partial charge in [0.05, 0.1) is 11.7 Å². The Morgan fingerprint density at radius 3 is 1.87 bits per heavy atom. The minimum Gasteiger partial charge on any atom is -0.543 e. The number of carboxylic acids is 1. The van der Waals surface area contributed by atoms with Crippen molar-refractivity contribution in [3.63, 3.8) is 0 Å². The maximum Gasteiger partial charge on any atom is 0.0899 e. The van der Waals surface area contributed by atoms with Crippen molar-refractivity contribution >= 4 is 5.97 Å². The molecule has 1 aromatic heterocycles. The van der Waals surface area contributed by atoms with Gasteiger partial charge in [0.2, 0.25) is 0 Å². The summed E-state index contributed by atoms with van der Waals surface area (Å²) >= 11 is 0. The minimum absolute atomic E-state index is 0. The summed E-state index contributed by atoms with van der Waals surface area (Å²) in [5.74, 6) is -1.24. The molecule has 0 saturated heterocycles. The van der Waals surface area contributed by atoms with E-state index in [0.717, 1.165) is 0 Å². The van der Waals surface area contributed by atoms with Crippen LogP contribution in [0.25, 0.3) is 0 Å². The molecule has 9 heteroatoms. The molecule has 1 radical (unpaired) electrons. The van der Waals surface area contributed by atoms with Crippen LogP contribution in [0.4, 0.5) is 0 Å². The molecule has 0 aliphatic carbocycles. The van der Waals surface area contributed by atoms with Crippen LogP contribution in [-0.2, 0) is 18.6 Å². The zero-order chi connectivity index (χ0) is 8.69. The maximum atomic E-state index is 10.0. The van der Waals surface area contributed by atoms with Crippen LogP contribution < -0.4 is 5.11 Å². The van der Waals surface area contributed by atoms with Crippen LogP contribution in [0.3, 0.4) is 0 Å². The zero-order valence-corrected chi connectivity index (χ0v) is 8.81. The Balaban J connectivity index is -0.0000000526. The molecule has 1 rings (SSSR count). The number of hydrogen-bond acceptors (Lipinski definition) is 5. The third kappa shape index (κ3) is 13.0. The first-order valence-corrected chi connectivity index (χ1v) is 2.63. The quantitative estimate of drug-likeness (QED) is 0.401. The second-order valence-electron chi connectivity index (χ2n) is 1.50. The molecule has 15 heavy (non-hydrogen) atoms. The SMILES string of the molecule is O.O.O.O=C([O-])c1ccccn1.OO.[V]. The summed E-state index contributed by atoms with van der Waals surface area (Å²) in [4.78, 5) is 13.5. The first-order chi connectivity index (χ1) is 5.30. The number of carbonyl (C=O) groups excluding carboxylic acids is 1. The van der Waals surface area contributed by atoms with Crippen molar-refractivity contribution in [1.82, 2.24) is 4.98 Å². The number of aromatic nitrogens is 1. The van der Waals surface area contributed by atoms with Gasteiger partial charge in [-0.3, -0.25) is 15.5 Å². The predicted molar refractivity (Wildman–Crippen MR) is 44.7 cm³/mol. The smallest absolute Gasteiger partial charge is 0.0899 e. The fraction of sp³-hybridized carbons (Fsp3) is 0. The molecule has 0 aromatic carbocycles. The van der Waals surface area contributed by atoms with Gasteiger partial charge in [0, 0.05) is 24.8 Å². The second kappa shape index (κ2) is 18.7. The standard InChI is InChI=1S/C6H5NO2.H2O2.3H2O.V/c8-6(9)5-3-1-2-4-7-5;1-2;;;;/h1-4H,(H,8,9);1-2H;3*1H2;/p-1. The van der Waals surface area contributed by atoms with Crippen molar-refractivity contribution in [1.29, 1.82) is 0 Å². The molecule has 8 nitrogen and oxygen atoms in total. The average molecular weight is 261 g/mol. The molecular weight excluding hydrogens is 249 g/mol. The molecular formula is C6H12NO7V-. The van der Waals surface area contributed by atoms with Crippen LogP contribution in [0.2, 0.25) is 0 Å². The summed E-state index contributed by atoms with van der Waals surface area (Å²) in [6.07, 6.45) is 1.41. The van der Waals surface area contributed by atoms with Crippen molar-refractivity contribution in [3.8, 4) is 0 Å². The zero-order valence-electron chi connectivity index (χ0n) is 7.41. The van der Waals surface area contributed by atoms with Gasteiger partial charge in [-0.05, 0) is 12.1 Å². The van der Waals surface area contributed by atoms with Crippen molar-refractivity contribution in [3.05, 3.63) is 30.1 Å². The Bertz CT molecular complexity index is 220. The molecule has 0 saturated carbocycles. The molecule has 89 valence electrons. The Morgan fingerprint density at radius 2 is 1.67 bits per heavy atom. The van der Waals surface area contributed by atoms with Crippen molar-refractivity contribution in [2.24, 2.45) is 0 Å². The number of pyridine rings is 1. The van der Waals surface area contributed by atoms with Gasteiger partial charge >= 0.3 is 0 Å². The Kier molecular flexibility index (Phi) is 36.5. The number of hydrogen-bond donors (Lipinski definition) is 2. The van der Waals surface area contributed by atoms with Crippen molar-refractivity contribution in [2.75, 3.05) is 0 Å². The van der Waals surface area contributed by atoms with Gasteiger partial charge in [-0.25, -0.2) is 0 Å². The molecule has 1 heterocycles. The van der Waals surface area contributed by atoms with Crippen molar-refractivity contribution in [2.45, 2.75) is 0 Å². The number of carboxylic acid groups (broad SMARTS) is 1. The normalized spacial score (nSPS) is 5.73. The summed E-state index contributed by atoms with van der Waals surface area (Å²) in [7, 11) is 0. The molecule has 0 fully saturated rings. The van der Waals surface area contributed by atoms with E-state index in [-0.39, 0.29) is 40.7 Å². The first-order valence-electron chi connectivity index (χ1n) is 2.63. The third-order valence-corrected chi connectivity index (χ3v) is 0.874. The molecule has 0 aliphatic rings. The van der Waals surface area contributed by atoms with E-state index in [1.165, 1.54) is 12.3 Å². The Morgan fingerprint density at radius 1 is 1.20 bits per heavy atom. The van der Waals surface area contributed by atoms with Gasteiger partial charge in [-0.1, -0.05) is 6.07 Å². The summed E-state index contributed by atoms with van der Waals surface area (Å²) in [5, 5.41) is 22.0. The van der Waals surface area contributed by atoms with Crippen LogP contribution in [0, 0.1) is 0 Å².